The van der Waals surface area contributed by atoms with Crippen LogP contribution in [-0.4, -0.2) is 23.7 Å². The number of carbonyl (C=O) groups excluding carboxylic acids is 1. The van der Waals surface area contributed by atoms with E-state index in [1.165, 1.54) is 6.07 Å². The molecule has 0 heterocycles. The number of halogens is 2. The van der Waals surface area contributed by atoms with E-state index in [1.54, 1.807) is 12.1 Å². The second-order valence-electron chi connectivity index (χ2n) is 3.40. The van der Waals surface area contributed by atoms with Gasteiger partial charge in [-0.25, -0.2) is 0 Å². The zero-order valence-electron chi connectivity index (χ0n) is 8.84. The first-order chi connectivity index (χ1) is 7.54. The number of aliphatic hydroxyl groups is 1. The second-order valence-corrected chi connectivity index (χ2v) is 4.24. The van der Waals surface area contributed by atoms with Crippen LogP contribution in [0.1, 0.15) is 23.7 Å². The molecule has 0 fully saturated rings. The van der Waals surface area contributed by atoms with Gasteiger partial charge in [0.2, 0.25) is 0 Å². The van der Waals surface area contributed by atoms with Gasteiger partial charge in [-0.1, -0.05) is 30.1 Å². The maximum absolute atomic E-state index is 11.6. The molecule has 1 aromatic rings. The summed E-state index contributed by atoms with van der Waals surface area (Å²) in [7, 11) is 0. The molecule has 0 spiro atoms. The Morgan fingerprint density at radius 1 is 1.50 bits per heavy atom. The third-order valence-electron chi connectivity index (χ3n) is 2.15. The molecule has 0 aromatic heterocycles. The zero-order chi connectivity index (χ0) is 12.1. The van der Waals surface area contributed by atoms with E-state index in [0.29, 0.717) is 22.0 Å². The average molecular weight is 262 g/mol. The maximum atomic E-state index is 11.6. The SMILES string of the molecule is CCC(O)CNC(=O)c1ccc(Cl)cc1Cl. The van der Waals surface area contributed by atoms with Gasteiger partial charge < -0.3 is 10.4 Å². The number of rotatable bonds is 4. The van der Waals surface area contributed by atoms with Crippen molar-refractivity contribution >= 4 is 29.1 Å². The number of aliphatic hydroxyl groups excluding tert-OH is 1. The van der Waals surface area contributed by atoms with Crippen molar-refractivity contribution in [2.45, 2.75) is 19.4 Å². The van der Waals surface area contributed by atoms with Crippen molar-refractivity contribution in [2.75, 3.05) is 6.54 Å². The summed E-state index contributed by atoms with van der Waals surface area (Å²) in [4.78, 5) is 11.6. The molecule has 0 aliphatic rings. The van der Waals surface area contributed by atoms with E-state index in [4.69, 9.17) is 23.2 Å². The van der Waals surface area contributed by atoms with Crippen molar-refractivity contribution in [1.29, 1.82) is 0 Å². The molecule has 0 radical (unpaired) electrons. The first-order valence-corrected chi connectivity index (χ1v) is 5.71. The van der Waals surface area contributed by atoms with Crippen LogP contribution < -0.4 is 5.32 Å². The Morgan fingerprint density at radius 3 is 2.75 bits per heavy atom. The normalized spacial score (nSPS) is 12.2. The lowest BCUT2D eigenvalue weighted by molar-refractivity contribution is 0.0914. The van der Waals surface area contributed by atoms with Crippen molar-refractivity contribution in [2.24, 2.45) is 0 Å². The second kappa shape index (κ2) is 6.09. The van der Waals surface area contributed by atoms with Gasteiger partial charge in [-0.2, -0.15) is 0 Å². The molecule has 0 saturated carbocycles. The molecule has 1 rings (SSSR count). The summed E-state index contributed by atoms with van der Waals surface area (Å²) < 4.78 is 0. The van der Waals surface area contributed by atoms with E-state index < -0.39 is 6.10 Å². The molecule has 0 aliphatic heterocycles. The fourth-order valence-electron chi connectivity index (χ4n) is 1.12. The van der Waals surface area contributed by atoms with Crippen molar-refractivity contribution in [3.8, 4) is 0 Å². The van der Waals surface area contributed by atoms with Crippen molar-refractivity contribution in [3.63, 3.8) is 0 Å². The maximum Gasteiger partial charge on any atom is 0.252 e. The van der Waals surface area contributed by atoms with E-state index in [2.05, 4.69) is 5.32 Å². The average Bonchev–Trinajstić information content (AvgIpc) is 2.25. The molecule has 2 N–H and O–H groups in total. The van der Waals surface area contributed by atoms with Gasteiger partial charge in [0.15, 0.2) is 0 Å². The van der Waals surface area contributed by atoms with Crippen LogP contribution in [-0.2, 0) is 0 Å². The highest BCUT2D eigenvalue weighted by atomic mass is 35.5. The van der Waals surface area contributed by atoms with Gasteiger partial charge >= 0.3 is 0 Å². The fourth-order valence-corrected chi connectivity index (χ4v) is 1.62. The monoisotopic (exact) mass is 261 g/mol. The van der Waals surface area contributed by atoms with Gasteiger partial charge in [-0.3, -0.25) is 4.79 Å². The van der Waals surface area contributed by atoms with Crippen LogP contribution in [0.15, 0.2) is 18.2 Å². The Balaban J connectivity index is 2.66. The van der Waals surface area contributed by atoms with Crippen LogP contribution in [0.3, 0.4) is 0 Å². The lowest BCUT2D eigenvalue weighted by Crippen LogP contribution is -2.31. The highest BCUT2D eigenvalue weighted by Gasteiger charge is 2.11. The van der Waals surface area contributed by atoms with Crippen LogP contribution >= 0.6 is 23.2 Å². The third kappa shape index (κ3) is 3.67. The molecule has 0 saturated heterocycles. The van der Waals surface area contributed by atoms with Gasteiger partial charge in [-0.05, 0) is 24.6 Å². The van der Waals surface area contributed by atoms with E-state index in [9.17, 15) is 9.90 Å². The molecule has 0 aliphatic carbocycles. The number of amides is 1. The Morgan fingerprint density at radius 2 is 2.19 bits per heavy atom. The molecular weight excluding hydrogens is 249 g/mol. The van der Waals surface area contributed by atoms with Gasteiger partial charge in [0.1, 0.15) is 0 Å². The highest BCUT2D eigenvalue weighted by molar-refractivity contribution is 6.36. The van der Waals surface area contributed by atoms with Gasteiger partial charge in [0, 0.05) is 11.6 Å². The van der Waals surface area contributed by atoms with Crippen molar-refractivity contribution < 1.29 is 9.90 Å². The molecule has 0 bridgehead atoms. The summed E-state index contributed by atoms with van der Waals surface area (Å²) in [5.74, 6) is -0.311. The molecule has 1 aromatic carbocycles. The predicted octanol–water partition coefficient (Wildman–Crippen LogP) is 2.49. The quantitative estimate of drug-likeness (QED) is 0.875. The highest BCUT2D eigenvalue weighted by Crippen LogP contribution is 2.20. The lowest BCUT2D eigenvalue weighted by atomic mass is 10.2. The van der Waals surface area contributed by atoms with Crippen LogP contribution in [0.2, 0.25) is 10.0 Å². The van der Waals surface area contributed by atoms with Crippen LogP contribution in [0, 0.1) is 0 Å². The first kappa shape index (κ1) is 13.3. The van der Waals surface area contributed by atoms with Crippen LogP contribution in [0.25, 0.3) is 0 Å². The minimum atomic E-state index is -0.532. The topological polar surface area (TPSA) is 49.3 Å². The summed E-state index contributed by atoms with van der Waals surface area (Å²) >= 11 is 11.6. The van der Waals surface area contributed by atoms with Crippen LogP contribution in [0.5, 0.6) is 0 Å². The lowest BCUT2D eigenvalue weighted by Gasteiger charge is -2.10. The number of hydrogen-bond donors (Lipinski definition) is 2. The molecule has 3 nitrogen and oxygen atoms in total. The summed E-state index contributed by atoms with van der Waals surface area (Å²) in [5.41, 5.74) is 0.356. The van der Waals surface area contributed by atoms with Gasteiger partial charge in [0.05, 0.1) is 16.7 Å². The number of hydrogen-bond acceptors (Lipinski definition) is 2. The predicted molar refractivity (Wildman–Crippen MR) is 65.1 cm³/mol. The van der Waals surface area contributed by atoms with E-state index in [-0.39, 0.29) is 12.5 Å². The Bertz CT molecular complexity index is 382. The zero-order valence-corrected chi connectivity index (χ0v) is 10.3. The summed E-state index contributed by atoms with van der Waals surface area (Å²) in [6.07, 6.45) is 0.0595. The number of carbonyl (C=O) groups is 1. The molecule has 1 unspecified atom stereocenters. The Labute approximate surface area is 104 Å². The standard InChI is InChI=1S/C11H13Cl2NO2/c1-2-8(15)6-14-11(16)9-4-3-7(12)5-10(9)13/h3-5,8,15H,2,6H2,1H3,(H,14,16). The summed E-state index contributed by atoms with van der Waals surface area (Å²) in [5, 5.41) is 12.7. The van der Waals surface area contributed by atoms with Gasteiger partial charge in [-0.15, -0.1) is 0 Å². The largest absolute Gasteiger partial charge is 0.391 e. The molecule has 1 amide bonds. The first-order valence-electron chi connectivity index (χ1n) is 4.96. The molecule has 16 heavy (non-hydrogen) atoms. The van der Waals surface area contributed by atoms with E-state index in [0.717, 1.165) is 0 Å². The van der Waals surface area contributed by atoms with Crippen LogP contribution in [0.4, 0.5) is 0 Å². The Kier molecular flexibility index (Phi) is 5.06. The van der Waals surface area contributed by atoms with Gasteiger partial charge in [0.25, 0.3) is 5.91 Å². The summed E-state index contributed by atoms with van der Waals surface area (Å²) in [6.45, 7) is 2.06. The third-order valence-corrected chi connectivity index (χ3v) is 2.69. The number of nitrogens with one attached hydrogen (secondary N) is 1. The molecule has 5 heteroatoms. The summed E-state index contributed by atoms with van der Waals surface area (Å²) in [6, 6.07) is 4.66. The molecule has 88 valence electrons. The molecular formula is C11H13Cl2NO2. The van der Waals surface area contributed by atoms with E-state index >= 15 is 0 Å². The smallest absolute Gasteiger partial charge is 0.252 e. The van der Waals surface area contributed by atoms with E-state index in [1.807, 2.05) is 6.92 Å². The number of benzene rings is 1. The minimum absolute atomic E-state index is 0.217. The molecule has 1 atom stereocenters. The fraction of sp³-hybridized carbons (Fsp3) is 0.364. The van der Waals surface area contributed by atoms with Crippen molar-refractivity contribution in [3.05, 3.63) is 33.8 Å². The Hall–Kier alpha value is -0.770. The minimum Gasteiger partial charge on any atom is -0.391 e. The van der Waals surface area contributed by atoms with Crippen molar-refractivity contribution in [1.82, 2.24) is 5.32 Å².